The van der Waals surface area contributed by atoms with Gasteiger partial charge in [0.2, 0.25) is 11.8 Å². The average molecular weight is 612 g/mol. The van der Waals surface area contributed by atoms with Gasteiger partial charge in [-0.15, -0.1) is 0 Å². The molecule has 1 saturated carbocycles. The second-order valence-corrected chi connectivity index (χ2v) is 10.6. The Kier molecular flexibility index (Phi) is 8.54. The Balaban J connectivity index is 1.59. The number of carbonyl (C=O) groups excluding carboxylic acids is 3. The molecule has 0 radical (unpaired) electrons. The predicted octanol–water partition coefficient (Wildman–Crippen LogP) is 5.54. The van der Waals surface area contributed by atoms with Gasteiger partial charge in [0.05, 0.1) is 11.6 Å². The summed E-state index contributed by atoms with van der Waals surface area (Å²) < 4.78 is 47.4. The lowest BCUT2D eigenvalue weighted by Gasteiger charge is -2.36. The van der Waals surface area contributed by atoms with E-state index in [-0.39, 0.29) is 40.5 Å². The van der Waals surface area contributed by atoms with Crippen molar-refractivity contribution >= 4 is 41.0 Å². The van der Waals surface area contributed by atoms with Crippen molar-refractivity contribution < 1.29 is 32.3 Å². The summed E-state index contributed by atoms with van der Waals surface area (Å²) in [5.74, 6) is -5.15. The molecule has 2 heterocycles. The number of nitrogens with one attached hydrogen (secondary N) is 1. The molecule has 13 heteroatoms. The molecule has 2 fully saturated rings. The molecule has 3 amide bonds. The molecule has 1 aromatic heterocycles. The van der Waals surface area contributed by atoms with E-state index in [1.54, 1.807) is 12.1 Å². The first-order chi connectivity index (χ1) is 20.6. The normalized spacial score (nSPS) is 18.8. The van der Waals surface area contributed by atoms with Crippen LogP contribution < -0.4 is 15.1 Å². The van der Waals surface area contributed by atoms with Crippen LogP contribution in [-0.2, 0) is 14.3 Å². The van der Waals surface area contributed by atoms with E-state index in [2.05, 4.69) is 10.3 Å². The fourth-order valence-electron chi connectivity index (χ4n) is 5.23. The van der Waals surface area contributed by atoms with Crippen molar-refractivity contribution in [2.75, 3.05) is 16.4 Å². The van der Waals surface area contributed by atoms with Crippen molar-refractivity contribution in [3.05, 3.63) is 88.8 Å². The van der Waals surface area contributed by atoms with Crippen molar-refractivity contribution in [3.63, 3.8) is 0 Å². The molecule has 5 rings (SSSR count). The summed E-state index contributed by atoms with van der Waals surface area (Å²) in [6.45, 7) is -0.434. The van der Waals surface area contributed by atoms with Crippen molar-refractivity contribution in [3.8, 4) is 6.07 Å². The summed E-state index contributed by atoms with van der Waals surface area (Å²) >= 11 is 6.53. The summed E-state index contributed by atoms with van der Waals surface area (Å²) in [5, 5.41) is 12.2. The fourth-order valence-corrected chi connectivity index (χ4v) is 5.46. The third-order valence-electron chi connectivity index (χ3n) is 7.37. The molecule has 1 aliphatic carbocycles. The number of halogens is 4. The Morgan fingerprint density at radius 3 is 2.58 bits per heavy atom. The van der Waals surface area contributed by atoms with Crippen LogP contribution in [0.1, 0.15) is 42.9 Å². The first-order valence-electron chi connectivity index (χ1n) is 13.4. The van der Waals surface area contributed by atoms with Gasteiger partial charge in [-0.1, -0.05) is 35.9 Å². The Hall–Kier alpha value is -4.63. The zero-order valence-corrected chi connectivity index (χ0v) is 23.3. The van der Waals surface area contributed by atoms with Crippen LogP contribution in [0, 0.1) is 17.1 Å². The van der Waals surface area contributed by atoms with Crippen molar-refractivity contribution in [1.82, 2.24) is 10.3 Å². The Bertz CT molecular complexity index is 1590. The minimum atomic E-state index is -2.83. The Morgan fingerprint density at radius 2 is 1.88 bits per heavy atom. The van der Waals surface area contributed by atoms with E-state index in [0.29, 0.717) is 0 Å². The number of rotatable bonds is 7. The molecule has 0 bridgehead atoms. The lowest BCUT2D eigenvalue weighted by Crippen LogP contribution is -2.54. The van der Waals surface area contributed by atoms with Gasteiger partial charge < -0.3 is 10.1 Å². The van der Waals surface area contributed by atoms with Gasteiger partial charge in [0.15, 0.2) is 6.04 Å². The first kappa shape index (κ1) is 29.8. The molecule has 1 N–H and O–H groups in total. The average Bonchev–Trinajstić information content (AvgIpc) is 3.38. The molecule has 1 aliphatic heterocycles. The molecule has 3 aromatic rings. The molecule has 1 unspecified atom stereocenters. The summed E-state index contributed by atoms with van der Waals surface area (Å²) in [6.07, 6.45) is -0.414. The monoisotopic (exact) mass is 611 g/mol. The van der Waals surface area contributed by atoms with Gasteiger partial charge in [0.25, 0.3) is 5.91 Å². The highest BCUT2D eigenvalue weighted by Gasteiger charge is 2.46. The van der Waals surface area contributed by atoms with Crippen LogP contribution in [0.5, 0.6) is 0 Å². The smallest absolute Gasteiger partial charge is 0.416 e. The molecule has 1 saturated heterocycles. The number of nitriles is 1. The third-order valence-corrected chi connectivity index (χ3v) is 7.72. The molecule has 2 aromatic carbocycles. The maximum Gasteiger partial charge on any atom is 0.416 e. The van der Waals surface area contributed by atoms with Crippen LogP contribution in [0.25, 0.3) is 0 Å². The molecule has 9 nitrogen and oxygen atoms in total. The number of hydrogen-bond donors (Lipinski definition) is 1. The lowest BCUT2D eigenvalue weighted by atomic mass is 9.91. The summed E-state index contributed by atoms with van der Waals surface area (Å²) in [5.41, 5.74) is 0.323. The Labute approximate surface area is 249 Å². The largest absolute Gasteiger partial charge is 0.446 e. The van der Waals surface area contributed by atoms with Crippen molar-refractivity contribution in [2.24, 2.45) is 0 Å². The number of ether oxygens (including phenoxy) is 1. The number of hydrogen-bond acceptors (Lipinski definition) is 6. The van der Waals surface area contributed by atoms with E-state index in [4.69, 9.17) is 16.3 Å². The van der Waals surface area contributed by atoms with Crippen LogP contribution in [0.2, 0.25) is 5.02 Å². The number of amides is 3. The van der Waals surface area contributed by atoms with Gasteiger partial charge in [0, 0.05) is 41.4 Å². The minimum Gasteiger partial charge on any atom is -0.446 e. The SMILES string of the molecule is N#Cc1ccnc(N2C(=O)OCC2C(=O)N(c2cccc(F)c2)[C@H](C(=O)NC2CCC(F)(F)CC2)c2ccccc2Cl)c1. The van der Waals surface area contributed by atoms with Crippen molar-refractivity contribution in [2.45, 2.75) is 49.7 Å². The molecule has 2 aliphatic rings. The van der Waals surface area contributed by atoms with E-state index < -0.39 is 67.2 Å². The quantitative estimate of drug-likeness (QED) is 0.375. The van der Waals surface area contributed by atoms with Crippen LogP contribution >= 0.6 is 11.6 Å². The van der Waals surface area contributed by atoms with Gasteiger partial charge in [0.1, 0.15) is 24.3 Å². The number of nitrogens with zero attached hydrogens (tertiary/aromatic N) is 4. The molecule has 2 atom stereocenters. The Morgan fingerprint density at radius 1 is 1.14 bits per heavy atom. The summed E-state index contributed by atoms with van der Waals surface area (Å²) in [7, 11) is 0. The number of aromatic nitrogens is 1. The summed E-state index contributed by atoms with van der Waals surface area (Å²) in [6, 6.07) is 12.4. The van der Waals surface area contributed by atoms with Crippen LogP contribution in [0.4, 0.5) is 29.5 Å². The van der Waals surface area contributed by atoms with Crippen molar-refractivity contribution in [1.29, 1.82) is 5.26 Å². The summed E-state index contributed by atoms with van der Waals surface area (Å²) in [4.78, 5) is 47.4. The number of carbonyl (C=O) groups is 3. The minimum absolute atomic E-state index is 0.0154. The second-order valence-electron chi connectivity index (χ2n) is 10.2. The molecule has 222 valence electrons. The van der Waals surface area contributed by atoms with Crippen LogP contribution in [0.3, 0.4) is 0 Å². The van der Waals surface area contributed by atoms with Gasteiger partial charge in [-0.25, -0.2) is 27.8 Å². The van der Waals surface area contributed by atoms with E-state index in [1.807, 2.05) is 6.07 Å². The van der Waals surface area contributed by atoms with E-state index in [0.717, 1.165) is 21.9 Å². The van der Waals surface area contributed by atoms with Gasteiger partial charge in [-0.2, -0.15) is 5.26 Å². The van der Waals surface area contributed by atoms with E-state index in [1.165, 1.54) is 42.6 Å². The van der Waals surface area contributed by atoms with E-state index >= 15 is 0 Å². The van der Waals surface area contributed by atoms with Gasteiger partial charge in [-0.05, 0) is 49.2 Å². The number of pyridine rings is 1. The topological polar surface area (TPSA) is 116 Å². The number of cyclic esters (lactones) is 1. The zero-order valence-electron chi connectivity index (χ0n) is 22.6. The molecule has 43 heavy (non-hydrogen) atoms. The molecular weight excluding hydrogens is 587 g/mol. The van der Waals surface area contributed by atoms with Crippen LogP contribution in [-0.4, -0.2) is 47.5 Å². The second kappa shape index (κ2) is 12.3. The number of anilines is 2. The zero-order chi connectivity index (χ0) is 30.7. The highest BCUT2D eigenvalue weighted by molar-refractivity contribution is 6.31. The third kappa shape index (κ3) is 6.41. The molecule has 0 spiro atoms. The lowest BCUT2D eigenvalue weighted by molar-refractivity contribution is -0.128. The maximum absolute atomic E-state index is 14.6. The van der Waals surface area contributed by atoms with E-state index in [9.17, 15) is 32.8 Å². The standard InChI is InChI=1S/C30H25ClF3N5O4/c31-23-7-2-1-6-22(23)26(27(40)37-20-8-11-30(33,34)12-9-20)38(21-5-3-4-19(32)15-21)28(41)24-17-43-29(42)39(24)25-14-18(16-35)10-13-36-25/h1-7,10,13-15,20,24,26H,8-9,11-12,17H2,(H,37,40)/t24?,26-/m0/s1. The fraction of sp³-hybridized carbons (Fsp3) is 0.300. The number of alkyl halides is 2. The van der Waals surface area contributed by atoms with Gasteiger partial charge in [-0.3, -0.25) is 14.5 Å². The highest BCUT2D eigenvalue weighted by atomic mass is 35.5. The highest BCUT2D eigenvalue weighted by Crippen LogP contribution is 2.37. The first-order valence-corrected chi connectivity index (χ1v) is 13.8. The van der Waals surface area contributed by atoms with Gasteiger partial charge >= 0.3 is 6.09 Å². The molecular formula is C30H25ClF3N5O4. The maximum atomic E-state index is 14.6. The van der Waals surface area contributed by atoms with Crippen LogP contribution in [0.15, 0.2) is 66.9 Å². The predicted molar refractivity (Wildman–Crippen MR) is 150 cm³/mol. The number of benzene rings is 2.